The number of amides is 2. The number of benzene rings is 2. The van der Waals surface area contributed by atoms with Crippen LogP contribution in [0.3, 0.4) is 0 Å². The Hall–Kier alpha value is -2.90. The van der Waals surface area contributed by atoms with E-state index >= 15 is 0 Å². The second-order valence-corrected chi connectivity index (χ2v) is 9.94. The van der Waals surface area contributed by atoms with E-state index < -0.39 is 0 Å². The number of carbonyl (C=O) groups is 2. The lowest BCUT2D eigenvalue weighted by molar-refractivity contribution is -0.151. The van der Waals surface area contributed by atoms with E-state index in [4.69, 9.17) is 0 Å². The molecule has 35 heavy (non-hydrogen) atoms. The summed E-state index contributed by atoms with van der Waals surface area (Å²) >= 11 is 0. The molecule has 0 saturated carbocycles. The number of hydrogen-bond donors (Lipinski definition) is 2. The fourth-order valence-electron chi connectivity index (χ4n) is 4.96. The molecule has 0 radical (unpaired) electrons. The number of rotatable bonds is 10. The third kappa shape index (κ3) is 6.41. The molecule has 1 aliphatic heterocycles. The number of hydrogen-bond acceptors (Lipinski definition) is 5. The molecule has 2 aliphatic rings. The zero-order valence-corrected chi connectivity index (χ0v) is 21.3. The lowest BCUT2D eigenvalue weighted by Gasteiger charge is -2.31. The van der Waals surface area contributed by atoms with Crippen LogP contribution in [0.25, 0.3) is 0 Å². The second-order valence-electron chi connectivity index (χ2n) is 9.94. The SMILES string of the molecule is CC(C)NCCN(CC(=O)N(C)N1Cc2ccccc2C1)C(=O)CNc1cccc2c1CCCC2. The number of nitrogens with one attached hydrogen (secondary N) is 2. The molecule has 0 fully saturated rings. The van der Waals surface area contributed by atoms with Crippen LogP contribution < -0.4 is 10.6 Å². The number of hydrazine groups is 1. The molecule has 2 amide bonds. The molecule has 2 aromatic rings. The summed E-state index contributed by atoms with van der Waals surface area (Å²) in [6.07, 6.45) is 4.57. The van der Waals surface area contributed by atoms with Crippen molar-refractivity contribution >= 4 is 17.5 Å². The average Bonchev–Trinajstić information content (AvgIpc) is 3.30. The maximum absolute atomic E-state index is 13.3. The minimum Gasteiger partial charge on any atom is -0.376 e. The Morgan fingerprint density at radius 1 is 0.943 bits per heavy atom. The van der Waals surface area contributed by atoms with Gasteiger partial charge in [-0.2, -0.15) is 0 Å². The molecule has 0 atom stereocenters. The van der Waals surface area contributed by atoms with Gasteiger partial charge in [-0.3, -0.25) is 14.6 Å². The summed E-state index contributed by atoms with van der Waals surface area (Å²) in [6, 6.07) is 14.9. The normalized spacial score (nSPS) is 15.0. The summed E-state index contributed by atoms with van der Waals surface area (Å²) in [5.74, 6) is -0.136. The Morgan fingerprint density at radius 2 is 1.63 bits per heavy atom. The number of aryl methyl sites for hydroxylation is 1. The van der Waals surface area contributed by atoms with Gasteiger partial charge in [-0.15, -0.1) is 0 Å². The van der Waals surface area contributed by atoms with Gasteiger partial charge in [-0.25, -0.2) is 5.01 Å². The predicted molar refractivity (Wildman–Crippen MR) is 140 cm³/mol. The van der Waals surface area contributed by atoms with Gasteiger partial charge in [-0.05, 0) is 54.0 Å². The van der Waals surface area contributed by atoms with E-state index in [1.165, 1.54) is 35.1 Å². The zero-order valence-electron chi connectivity index (χ0n) is 21.3. The molecule has 0 unspecified atom stereocenters. The van der Waals surface area contributed by atoms with Crippen LogP contribution in [-0.4, -0.2) is 66.0 Å². The minimum absolute atomic E-state index is 0.0598. The highest BCUT2D eigenvalue weighted by Gasteiger charge is 2.27. The molecule has 1 aliphatic carbocycles. The first-order chi connectivity index (χ1) is 16.9. The van der Waals surface area contributed by atoms with Crippen molar-refractivity contribution in [1.29, 1.82) is 0 Å². The first kappa shape index (κ1) is 25.2. The molecule has 0 aromatic heterocycles. The van der Waals surface area contributed by atoms with Crippen molar-refractivity contribution in [3.8, 4) is 0 Å². The van der Waals surface area contributed by atoms with E-state index in [-0.39, 0.29) is 24.9 Å². The van der Waals surface area contributed by atoms with Gasteiger partial charge in [0, 0.05) is 45.0 Å². The fraction of sp³-hybridized carbons (Fsp3) is 0.500. The van der Waals surface area contributed by atoms with E-state index in [1.54, 1.807) is 17.0 Å². The molecule has 2 aromatic carbocycles. The van der Waals surface area contributed by atoms with Gasteiger partial charge < -0.3 is 15.5 Å². The van der Waals surface area contributed by atoms with Crippen molar-refractivity contribution in [3.05, 3.63) is 64.7 Å². The van der Waals surface area contributed by atoms with Crippen LogP contribution >= 0.6 is 0 Å². The third-order valence-electron chi connectivity index (χ3n) is 7.05. The monoisotopic (exact) mass is 477 g/mol. The van der Waals surface area contributed by atoms with Gasteiger partial charge in [0.25, 0.3) is 5.91 Å². The van der Waals surface area contributed by atoms with Gasteiger partial charge in [0.2, 0.25) is 5.91 Å². The van der Waals surface area contributed by atoms with Crippen LogP contribution in [0.5, 0.6) is 0 Å². The Morgan fingerprint density at radius 3 is 2.34 bits per heavy atom. The van der Waals surface area contributed by atoms with Crippen molar-refractivity contribution in [2.24, 2.45) is 0 Å². The molecule has 7 nitrogen and oxygen atoms in total. The highest BCUT2D eigenvalue weighted by Crippen LogP contribution is 2.28. The highest BCUT2D eigenvalue weighted by atomic mass is 16.2. The third-order valence-corrected chi connectivity index (χ3v) is 7.05. The van der Waals surface area contributed by atoms with E-state index in [2.05, 4.69) is 54.8 Å². The Labute approximate surface area is 209 Å². The van der Waals surface area contributed by atoms with Crippen molar-refractivity contribution in [1.82, 2.24) is 20.2 Å². The molecular formula is C28H39N5O2. The predicted octanol–water partition coefficient (Wildman–Crippen LogP) is 3.19. The molecule has 0 spiro atoms. The Balaban J connectivity index is 1.38. The standard InChI is InChI=1S/C28H39N5O2/c1-21(2)29-15-16-32(20-28(35)31(3)33-18-23-10-4-5-11-24(23)19-33)27(34)17-30-26-14-8-12-22-9-6-7-13-25(22)26/h4-5,8,10-12,14,21,29-30H,6-7,9,13,15-20H2,1-3H3. The molecule has 7 heteroatoms. The fourth-order valence-corrected chi connectivity index (χ4v) is 4.96. The molecule has 1 heterocycles. The summed E-state index contributed by atoms with van der Waals surface area (Å²) in [7, 11) is 1.80. The molecule has 0 bridgehead atoms. The van der Waals surface area contributed by atoms with Gasteiger partial charge in [0.15, 0.2) is 0 Å². The van der Waals surface area contributed by atoms with E-state index in [1.807, 2.05) is 17.1 Å². The maximum Gasteiger partial charge on any atom is 0.256 e. The van der Waals surface area contributed by atoms with Crippen LogP contribution in [-0.2, 0) is 35.5 Å². The molecule has 2 N–H and O–H groups in total. The summed E-state index contributed by atoms with van der Waals surface area (Å²) in [5, 5.41) is 10.5. The average molecular weight is 478 g/mol. The summed E-state index contributed by atoms with van der Waals surface area (Å²) in [6.45, 7) is 6.97. The quantitative estimate of drug-likeness (QED) is 0.550. The van der Waals surface area contributed by atoms with Crippen molar-refractivity contribution in [2.75, 3.05) is 38.5 Å². The van der Waals surface area contributed by atoms with Crippen LogP contribution in [0, 0.1) is 0 Å². The largest absolute Gasteiger partial charge is 0.376 e. The summed E-state index contributed by atoms with van der Waals surface area (Å²) in [5.41, 5.74) is 6.27. The lowest BCUT2D eigenvalue weighted by Crippen LogP contribution is -2.49. The number of fused-ring (bicyclic) bond motifs is 2. The summed E-state index contributed by atoms with van der Waals surface area (Å²) < 4.78 is 0. The van der Waals surface area contributed by atoms with E-state index in [0.717, 1.165) is 18.5 Å². The Kier molecular flexibility index (Phi) is 8.42. The van der Waals surface area contributed by atoms with Gasteiger partial charge in [-0.1, -0.05) is 50.2 Å². The van der Waals surface area contributed by atoms with Gasteiger partial charge in [0.05, 0.1) is 6.54 Å². The molecule has 0 saturated heterocycles. The number of nitrogens with zero attached hydrogens (tertiary/aromatic N) is 3. The number of likely N-dealkylation sites (N-methyl/N-ethyl adjacent to an activating group) is 1. The van der Waals surface area contributed by atoms with Gasteiger partial charge >= 0.3 is 0 Å². The highest BCUT2D eigenvalue weighted by molar-refractivity contribution is 5.87. The van der Waals surface area contributed by atoms with Crippen molar-refractivity contribution in [2.45, 2.75) is 58.7 Å². The molecular weight excluding hydrogens is 438 g/mol. The van der Waals surface area contributed by atoms with Crippen LogP contribution in [0.1, 0.15) is 48.9 Å². The number of carbonyl (C=O) groups excluding carboxylic acids is 2. The smallest absolute Gasteiger partial charge is 0.256 e. The summed E-state index contributed by atoms with van der Waals surface area (Å²) in [4.78, 5) is 28.2. The maximum atomic E-state index is 13.3. The zero-order chi connectivity index (χ0) is 24.8. The van der Waals surface area contributed by atoms with Crippen LogP contribution in [0.4, 0.5) is 5.69 Å². The van der Waals surface area contributed by atoms with Crippen LogP contribution in [0.15, 0.2) is 42.5 Å². The molecule has 4 rings (SSSR count). The topological polar surface area (TPSA) is 67.9 Å². The van der Waals surface area contributed by atoms with Gasteiger partial charge in [0.1, 0.15) is 6.54 Å². The number of anilines is 1. The first-order valence-corrected chi connectivity index (χ1v) is 12.9. The van der Waals surface area contributed by atoms with Crippen LogP contribution in [0.2, 0.25) is 0 Å². The lowest BCUT2D eigenvalue weighted by atomic mass is 9.90. The van der Waals surface area contributed by atoms with Crippen molar-refractivity contribution < 1.29 is 9.59 Å². The van der Waals surface area contributed by atoms with Crippen molar-refractivity contribution in [3.63, 3.8) is 0 Å². The van der Waals surface area contributed by atoms with E-state index in [9.17, 15) is 9.59 Å². The second kappa shape index (κ2) is 11.7. The van der Waals surface area contributed by atoms with E-state index in [0.29, 0.717) is 32.2 Å². The minimum atomic E-state index is -0.0761. The molecule has 188 valence electrons. The first-order valence-electron chi connectivity index (χ1n) is 12.9. The Bertz CT molecular complexity index is 1010.